The van der Waals surface area contributed by atoms with Crippen LogP contribution in [0.4, 0.5) is 0 Å². The Morgan fingerprint density at radius 1 is 1.24 bits per heavy atom. The molecule has 1 amide bonds. The highest BCUT2D eigenvalue weighted by Crippen LogP contribution is 2.15. The van der Waals surface area contributed by atoms with Crippen LogP contribution >= 0.6 is 28.1 Å². The molecular formula is C21H22BrN3O3S. The molecule has 0 bridgehead atoms. The zero-order chi connectivity index (χ0) is 21.0. The zero-order valence-corrected chi connectivity index (χ0v) is 18.7. The minimum absolute atomic E-state index is 0.126. The molecule has 3 rings (SSSR count). The number of hydrogen-bond acceptors (Lipinski definition) is 4. The van der Waals surface area contributed by atoms with Crippen molar-refractivity contribution >= 4 is 45.0 Å². The van der Waals surface area contributed by atoms with Gasteiger partial charge in [0.1, 0.15) is 0 Å². The Bertz CT molecular complexity index is 1140. The summed E-state index contributed by atoms with van der Waals surface area (Å²) in [5.74, 6) is -0.126. The standard InChI is InChI=1S/C21H22BrN3O3S/c1-24(13-14-4-7-16(22)8-5-14)19(26)15-6-9-17-18(12-15)23-21(29)25(20(17)27)10-3-11-28-2/h4-9,12H,3,10-11,13H2,1-2H3,(H,23,29). The number of fused-ring (bicyclic) bond motifs is 1. The van der Waals surface area contributed by atoms with Gasteiger partial charge in [-0.05, 0) is 54.5 Å². The van der Waals surface area contributed by atoms with E-state index in [-0.39, 0.29) is 11.5 Å². The monoisotopic (exact) mass is 475 g/mol. The van der Waals surface area contributed by atoms with Crippen molar-refractivity contribution in [3.63, 3.8) is 0 Å². The molecule has 1 N–H and O–H groups in total. The van der Waals surface area contributed by atoms with Gasteiger partial charge in [0, 0.05) is 43.9 Å². The molecule has 0 aliphatic rings. The van der Waals surface area contributed by atoms with Gasteiger partial charge in [0.15, 0.2) is 4.77 Å². The predicted molar refractivity (Wildman–Crippen MR) is 120 cm³/mol. The molecule has 152 valence electrons. The Morgan fingerprint density at radius 3 is 2.66 bits per heavy atom. The number of nitrogens with one attached hydrogen (secondary N) is 1. The van der Waals surface area contributed by atoms with Gasteiger partial charge in [-0.3, -0.25) is 14.2 Å². The second-order valence-corrected chi connectivity index (χ2v) is 8.08. The summed E-state index contributed by atoms with van der Waals surface area (Å²) < 4.78 is 7.90. The summed E-state index contributed by atoms with van der Waals surface area (Å²) in [5.41, 5.74) is 1.93. The predicted octanol–water partition coefficient (Wildman–Crippen LogP) is 4.13. The molecule has 0 radical (unpaired) electrons. The van der Waals surface area contributed by atoms with Crippen molar-refractivity contribution in [3.8, 4) is 0 Å². The van der Waals surface area contributed by atoms with Crippen LogP contribution in [0.5, 0.6) is 0 Å². The maximum absolute atomic E-state index is 12.9. The van der Waals surface area contributed by atoms with Crippen molar-refractivity contribution in [1.82, 2.24) is 14.5 Å². The molecule has 0 saturated carbocycles. The van der Waals surface area contributed by atoms with Crippen LogP contribution in [-0.2, 0) is 17.8 Å². The first-order valence-corrected chi connectivity index (χ1v) is 10.4. The molecule has 29 heavy (non-hydrogen) atoms. The number of ether oxygens (including phenoxy) is 1. The lowest BCUT2D eigenvalue weighted by Crippen LogP contribution is -2.27. The average Bonchev–Trinajstić information content (AvgIpc) is 2.71. The molecule has 0 unspecified atom stereocenters. The average molecular weight is 476 g/mol. The third-order valence-electron chi connectivity index (χ3n) is 4.64. The van der Waals surface area contributed by atoms with Crippen LogP contribution in [0.15, 0.2) is 51.7 Å². The number of hydrogen-bond donors (Lipinski definition) is 1. The van der Waals surface area contributed by atoms with Gasteiger partial charge >= 0.3 is 0 Å². The van der Waals surface area contributed by atoms with E-state index in [0.29, 0.717) is 47.4 Å². The number of carbonyl (C=O) groups excluding carboxylic acids is 1. The largest absolute Gasteiger partial charge is 0.385 e. The Kier molecular flexibility index (Phi) is 7.00. The molecule has 1 aromatic heterocycles. The van der Waals surface area contributed by atoms with E-state index in [0.717, 1.165) is 10.0 Å². The Hall–Kier alpha value is -2.29. The number of aromatic nitrogens is 2. The summed E-state index contributed by atoms with van der Waals surface area (Å²) in [4.78, 5) is 30.3. The van der Waals surface area contributed by atoms with Crippen molar-refractivity contribution in [1.29, 1.82) is 0 Å². The number of methoxy groups -OCH3 is 1. The highest BCUT2D eigenvalue weighted by Gasteiger charge is 2.14. The second kappa shape index (κ2) is 9.47. The number of carbonyl (C=O) groups is 1. The molecular weight excluding hydrogens is 454 g/mol. The number of halogens is 1. The first-order valence-electron chi connectivity index (χ1n) is 9.16. The summed E-state index contributed by atoms with van der Waals surface area (Å²) in [6.45, 7) is 1.52. The summed E-state index contributed by atoms with van der Waals surface area (Å²) in [7, 11) is 3.38. The Balaban J connectivity index is 1.85. The lowest BCUT2D eigenvalue weighted by atomic mass is 10.1. The number of aromatic amines is 1. The minimum Gasteiger partial charge on any atom is -0.385 e. The number of H-pyrrole nitrogens is 1. The highest BCUT2D eigenvalue weighted by atomic mass is 79.9. The van der Waals surface area contributed by atoms with Gasteiger partial charge in [-0.25, -0.2) is 0 Å². The van der Waals surface area contributed by atoms with Crippen molar-refractivity contribution < 1.29 is 9.53 Å². The van der Waals surface area contributed by atoms with Gasteiger partial charge in [-0.2, -0.15) is 0 Å². The van der Waals surface area contributed by atoms with Crippen LogP contribution in [0, 0.1) is 4.77 Å². The van der Waals surface area contributed by atoms with E-state index in [2.05, 4.69) is 20.9 Å². The van der Waals surface area contributed by atoms with E-state index in [1.54, 1.807) is 37.3 Å². The van der Waals surface area contributed by atoms with Crippen molar-refractivity contribution in [2.75, 3.05) is 20.8 Å². The summed E-state index contributed by atoms with van der Waals surface area (Å²) in [5, 5.41) is 0.503. The lowest BCUT2D eigenvalue weighted by molar-refractivity contribution is 0.0785. The van der Waals surface area contributed by atoms with Gasteiger partial charge in [-0.15, -0.1) is 0 Å². The third-order valence-corrected chi connectivity index (χ3v) is 5.49. The van der Waals surface area contributed by atoms with E-state index in [9.17, 15) is 9.59 Å². The van der Waals surface area contributed by atoms with Crippen LogP contribution in [0.3, 0.4) is 0 Å². The number of nitrogens with zero attached hydrogens (tertiary/aromatic N) is 2. The van der Waals surface area contributed by atoms with Gasteiger partial charge in [-0.1, -0.05) is 28.1 Å². The third kappa shape index (κ3) is 5.01. The van der Waals surface area contributed by atoms with E-state index < -0.39 is 0 Å². The van der Waals surface area contributed by atoms with Crippen LogP contribution in [-0.4, -0.2) is 41.1 Å². The maximum Gasteiger partial charge on any atom is 0.262 e. The molecule has 0 aliphatic carbocycles. The second-order valence-electron chi connectivity index (χ2n) is 6.78. The van der Waals surface area contributed by atoms with E-state index >= 15 is 0 Å². The number of amides is 1. The molecule has 0 aliphatic heterocycles. The van der Waals surface area contributed by atoms with Gasteiger partial charge in [0.2, 0.25) is 0 Å². The fraction of sp³-hybridized carbons (Fsp3) is 0.286. The molecule has 8 heteroatoms. The minimum atomic E-state index is -0.165. The summed E-state index contributed by atoms with van der Waals surface area (Å²) in [6, 6.07) is 12.9. The van der Waals surface area contributed by atoms with Gasteiger partial charge < -0.3 is 14.6 Å². The molecule has 0 fully saturated rings. The van der Waals surface area contributed by atoms with Crippen molar-refractivity contribution in [3.05, 3.63) is 73.2 Å². The van der Waals surface area contributed by atoms with Crippen LogP contribution in [0.1, 0.15) is 22.3 Å². The molecule has 6 nitrogen and oxygen atoms in total. The van der Waals surface area contributed by atoms with Crippen LogP contribution in [0.2, 0.25) is 0 Å². The van der Waals surface area contributed by atoms with Crippen LogP contribution in [0.25, 0.3) is 10.9 Å². The Labute approximate surface area is 182 Å². The van der Waals surface area contributed by atoms with Crippen molar-refractivity contribution in [2.45, 2.75) is 19.5 Å². The van der Waals surface area contributed by atoms with Gasteiger partial charge in [0.25, 0.3) is 11.5 Å². The molecule has 0 saturated heterocycles. The van der Waals surface area contributed by atoms with E-state index in [4.69, 9.17) is 17.0 Å². The highest BCUT2D eigenvalue weighted by molar-refractivity contribution is 9.10. The topological polar surface area (TPSA) is 67.3 Å². The maximum atomic E-state index is 12.9. The Morgan fingerprint density at radius 2 is 1.97 bits per heavy atom. The SMILES string of the molecule is COCCCn1c(=S)[nH]c2cc(C(=O)N(C)Cc3ccc(Br)cc3)ccc2c1=O. The lowest BCUT2D eigenvalue weighted by Gasteiger charge is -2.18. The quantitative estimate of drug-likeness (QED) is 0.412. The summed E-state index contributed by atoms with van der Waals surface area (Å²) >= 11 is 8.75. The molecule has 2 aromatic carbocycles. The summed E-state index contributed by atoms with van der Waals surface area (Å²) in [6.07, 6.45) is 0.691. The number of rotatable bonds is 7. The zero-order valence-electron chi connectivity index (χ0n) is 16.3. The van der Waals surface area contributed by atoms with E-state index in [1.165, 1.54) is 4.57 Å². The van der Waals surface area contributed by atoms with Crippen molar-refractivity contribution in [2.24, 2.45) is 0 Å². The molecule has 1 heterocycles. The first-order chi connectivity index (χ1) is 13.9. The number of benzene rings is 2. The normalized spacial score (nSPS) is 11.0. The van der Waals surface area contributed by atoms with Gasteiger partial charge in [0.05, 0.1) is 10.9 Å². The smallest absolute Gasteiger partial charge is 0.262 e. The first kappa shape index (κ1) is 21.4. The van der Waals surface area contributed by atoms with E-state index in [1.807, 2.05) is 24.3 Å². The molecule has 0 atom stereocenters. The molecule has 0 spiro atoms. The fourth-order valence-electron chi connectivity index (χ4n) is 3.11. The van der Waals surface area contributed by atoms with Crippen LogP contribution < -0.4 is 5.56 Å². The fourth-order valence-corrected chi connectivity index (χ4v) is 3.66. The molecule has 3 aromatic rings.